The summed E-state index contributed by atoms with van der Waals surface area (Å²) in [5, 5.41) is 4.43. The molecule has 1 aliphatic heterocycles. The van der Waals surface area contributed by atoms with E-state index >= 15 is 0 Å². The average Bonchev–Trinajstić information content (AvgIpc) is 3.18. The SMILES string of the molecule is CCC(=O)N(c1ccccc1)C1(C(=O)OC)CCN(CCn2ccc(C)n2)CC1. The summed E-state index contributed by atoms with van der Waals surface area (Å²) in [4.78, 5) is 29.9. The largest absolute Gasteiger partial charge is 0.467 e. The second kappa shape index (κ2) is 9.22. The molecule has 7 heteroatoms. The van der Waals surface area contributed by atoms with Crippen LogP contribution in [0.2, 0.25) is 0 Å². The molecule has 1 aromatic carbocycles. The number of benzene rings is 1. The molecule has 2 heterocycles. The van der Waals surface area contributed by atoms with Crippen LogP contribution in [-0.2, 0) is 20.9 Å². The first-order chi connectivity index (χ1) is 14.0. The number of hydrogen-bond donors (Lipinski definition) is 0. The topological polar surface area (TPSA) is 67.7 Å². The summed E-state index contributed by atoms with van der Waals surface area (Å²) in [6.45, 7) is 6.89. The normalized spacial score (nSPS) is 16.4. The first-order valence-corrected chi connectivity index (χ1v) is 10.2. The van der Waals surface area contributed by atoms with Crippen LogP contribution in [0.25, 0.3) is 0 Å². The van der Waals surface area contributed by atoms with Crippen LogP contribution in [-0.4, -0.2) is 58.8 Å². The quantitative estimate of drug-likeness (QED) is 0.671. The first kappa shape index (κ1) is 21.0. The number of amides is 1. The lowest BCUT2D eigenvalue weighted by Gasteiger charge is -2.46. The fourth-order valence-electron chi connectivity index (χ4n) is 4.05. The van der Waals surface area contributed by atoms with Crippen LogP contribution in [0.15, 0.2) is 42.6 Å². The molecule has 0 atom stereocenters. The second-order valence-electron chi connectivity index (χ2n) is 7.50. The van der Waals surface area contributed by atoms with Gasteiger partial charge in [-0.1, -0.05) is 25.1 Å². The minimum atomic E-state index is -0.970. The van der Waals surface area contributed by atoms with E-state index in [1.165, 1.54) is 7.11 Å². The van der Waals surface area contributed by atoms with Crippen LogP contribution < -0.4 is 4.90 Å². The first-order valence-electron chi connectivity index (χ1n) is 10.2. The van der Waals surface area contributed by atoms with Gasteiger partial charge >= 0.3 is 5.97 Å². The number of carbonyl (C=O) groups is 2. The lowest BCUT2D eigenvalue weighted by Crippen LogP contribution is -2.62. The molecule has 0 unspecified atom stereocenters. The standard InChI is InChI=1S/C22H30N4O3/c1-4-20(27)26(19-8-6-5-7-9-19)22(21(28)29-3)11-14-24(15-12-22)16-17-25-13-10-18(2)23-25/h5-10,13H,4,11-12,14-17H2,1-3H3. The Kier molecular flexibility index (Phi) is 6.69. The Balaban J connectivity index is 1.78. The van der Waals surface area contributed by atoms with Crippen molar-refractivity contribution in [2.75, 3.05) is 31.6 Å². The number of esters is 1. The molecule has 0 saturated carbocycles. The fraction of sp³-hybridized carbons (Fsp3) is 0.500. The number of anilines is 1. The predicted molar refractivity (Wildman–Crippen MR) is 112 cm³/mol. The number of carbonyl (C=O) groups excluding carboxylic acids is 2. The molecule has 0 spiro atoms. The molecule has 0 N–H and O–H groups in total. The van der Waals surface area contributed by atoms with Crippen molar-refractivity contribution >= 4 is 17.6 Å². The van der Waals surface area contributed by atoms with Gasteiger partial charge in [0.25, 0.3) is 0 Å². The van der Waals surface area contributed by atoms with Gasteiger partial charge in [0, 0.05) is 37.9 Å². The Morgan fingerprint density at radius 3 is 2.38 bits per heavy atom. The molecule has 0 bridgehead atoms. The second-order valence-corrected chi connectivity index (χ2v) is 7.50. The highest BCUT2D eigenvalue weighted by Crippen LogP contribution is 2.35. The number of nitrogens with zero attached hydrogens (tertiary/aromatic N) is 4. The molecule has 1 aliphatic rings. The molecule has 1 aromatic heterocycles. The summed E-state index contributed by atoms with van der Waals surface area (Å²) >= 11 is 0. The number of ether oxygens (including phenoxy) is 1. The maximum atomic E-state index is 13.0. The van der Waals surface area contributed by atoms with E-state index in [-0.39, 0.29) is 11.9 Å². The molecule has 7 nitrogen and oxygen atoms in total. The maximum absolute atomic E-state index is 13.0. The molecule has 1 amide bonds. The number of para-hydroxylation sites is 1. The monoisotopic (exact) mass is 398 g/mol. The third-order valence-electron chi connectivity index (χ3n) is 5.66. The highest BCUT2D eigenvalue weighted by molar-refractivity contribution is 6.02. The zero-order chi connectivity index (χ0) is 20.9. The lowest BCUT2D eigenvalue weighted by molar-refractivity contribution is -0.151. The van der Waals surface area contributed by atoms with Gasteiger partial charge in [0.2, 0.25) is 5.91 Å². The van der Waals surface area contributed by atoms with Crippen molar-refractivity contribution in [2.45, 2.75) is 45.2 Å². The highest BCUT2D eigenvalue weighted by Gasteiger charge is 2.49. The molecule has 1 fully saturated rings. The van der Waals surface area contributed by atoms with Gasteiger partial charge in [0.15, 0.2) is 0 Å². The number of piperidine rings is 1. The van der Waals surface area contributed by atoms with Gasteiger partial charge in [-0.2, -0.15) is 5.10 Å². The number of likely N-dealkylation sites (tertiary alicyclic amines) is 1. The molecule has 1 saturated heterocycles. The van der Waals surface area contributed by atoms with E-state index in [0.717, 1.165) is 37.6 Å². The molecule has 29 heavy (non-hydrogen) atoms. The van der Waals surface area contributed by atoms with Crippen molar-refractivity contribution in [3.05, 3.63) is 48.3 Å². The van der Waals surface area contributed by atoms with E-state index < -0.39 is 5.54 Å². The van der Waals surface area contributed by atoms with Gasteiger partial charge < -0.3 is 9.64 Å². The Bertz CT molecular complexity index is 826. The minimum Gasteiger partial charge on any atom is -0.467 e. The van der Waals surface area contributed by atoms with Gasteiger partial charge in [-0.15, -0.1) is 0 Å². The van der Waals surface area contributed by atoms with E-state index in [2.05, 4.69) is 10.00 Å². The summed E-state index contributed by atoms with van der Waals surface area (Å²) in [5.41, 5.74) is 0.775. The van der Waals surface area contributed by atoms with Crippen LogP contribution in [0.4, 0.5) is 5.69 Å². The van der Waals surface area contributed by atoms with Crippen molar-refractivity contribution in [3.63, 3.8) is 0 Å². The van der Waals surface area contributed by atoms with E-state index in [4.69, 9.17) is 4.74 Å². The third-order valence-corrected chi connectivity index (χ3v) is 5.66. The summed E-state index contributed by atoms with van der Waals surface area (Å²) in [5.74, 6) is -0.410. The molecular weight excluding hydrogens is 368 g/mol. The Morgan fingerprint density at radius 1 is 1.14 bits per heavy atom. The molecule has 0 aliphatic carbocycles. The van der Waals surface area contributed by atoms with Crippen molar-refractivity contribution in [1.82, 2.24) is 14.7 Å². The maximum Gasteiger partial charge on any atom is 0.332 e. The average molecular weight is 399 g/mol. The molecule has 2 aromatic rings. The third kappa shape index (κ3) is 4.50. The van der Waals surface area contributed by atoms with Crippen molar-refractivity contribution < 1.29 is 14.3 Å². The molecule has 156 valence electrons. The van der Waals surface area contributed by atoms with E-state index in [1.807, 2.05) is 61.1 Å². The number of aryl methyl sites for hydroxylation is 1. The molecular formula is C22H30N4O3. The van der Waals surface area contributed by atoms with Crippen molar-refractivity contribution in [2.24, 2.45) is 0 Å². The summed E-state index contributed by atoms with van der Waals surface area (Å²) < 4.78 is 7.13. The number of methoxy groups -OCH3 is 1. The van der Waals surface area contributed by atoms with Crippen molar-refractivity contribution in [3.8, 4) is 0 Å². The predicted octanol–water partition coefficient (Wildman–Crippen LogP) is 2.64. The fourth-order valence-corrected chi connectivity index (χ4v) is 4.05. The van der Waals surface area contributed by atoms with Gasteiger partial charge in [-0.25, -0.2) is 4.79 Å². The number of aromatic nitrogens is 2. The van der Waals surface area contributed by atoms with E-state index in [0.29, 0.717) is 19.3 Å². The Hall–Kier alpha value is -2.67. The Morgan fingerprint density at radius 2 is 1.83 bits per heavy atom. The van der Waals surface area contributed by atoms with E-state index in [1.54, 1.807) is 4.90 Å². The van der Waals surface area contributed by atoms with E-state index in [9.17, 15) is 9.59 Å². The van der Waals surface area contributed by atoms with Gasteiger partial charge in [-0.05, 0) is 38.0 Å². The van der Waals surface area contributed by atoms with Crippen LogP contribution >= 0.6 is 0 Å². The summed E-state index contributed by atoms with van der Waals surface area (Å²) in [6.07, 6.45) is 3.39. The molecule has 0 radical (unpaired) electrons. The highest BCUT2D eigenvalue weighted by atomic mass is 16.5. The van der Waals surface area contributed by atoms with Gasteiger partial charge in [0.1, 0.15) is 5.54 Å². The smallest absolute Gasteiger partial charge is 0.332 e. The lowest BCUT2D eigenvalue weighted by atomic mass is 9.84. The molecule has 3 rings (SSSR count). The minimum absolute atomic E-state index is 0.0675. The zero-order valence-corrected chi connectivity index (χ0v) is 17.5. The number of hydrogen-bond acceptors (Lipinski definition) is 5. The Labute approximate surface area is 172 Å². The summed E-state index contributed by atoms with van der Waals surface area (Å²) in [7, 11) is 1.40. The van der Waals surface area contributed by atoms with Crippen LogP contribution in [0.5, 0.6) is 0 Å². The van der Waals surface area contributed by atoms with Gasteiger partial charge in [0.05, 0.1) is 19.3 Å². The van der Waals surface area contributed by atoms with Crippen molar-refractivity contribution in [1.29, 1.82) is 0 Å². The van der Waals surface area contributed by atoms with Crippen LogP contribution in [0, 0.1) is 6.92 Å². The summed E-state index contributed by atoms with van der Waals surface area (Å²) in [6, 6.07) is 11.4. The van der Waals surface area contributed by atoms with Crippen LogP contribution in [0.1, 0.15) is 31.9 Å². The number of rotatable bonds is 7. The van der Waals surface area contributed by atoms with Gasteiger partial charge in [-0.3, -0.25) is 14.4 Å². The zero-order valence-electron chi connectivity index (χ0n) is 17.5. The van der Waals surface area contributed by atoms with Crippen LogP contribution in [0.3, 0.4) is 0 Å².